The number of para-hydroxylation sites is 1. The lowest BCUT2D eigenvalue weighted by atomic mass is 9.98. The summed E-state index contributed by atoms with van der Waals surface area (Å²) < 4.78 is 0. The maximum atomic E-state index is 4.70. The van der Waals surface area contributed by atoms with Crippen LogP contribution in [0.25, 0.3) is 10.8 Å². The van der Waals surface area contributed by atoms with Crippen molar-refractivity contribution in [1.82, 2.24) is 0 Å². The number of aryl methyl sites for hydroxylation is 1. The molecule has 0 bridgehead atoms. The molecule has 0 amide bonds. The van der Waals surface area contributed by atoms with Crippen LogP contribution < -0.4 is 10.6 Å². The Hall–Kier alpha value is -5.76. The number of nitrogens with one attached hydrogen (secondary N) is 2. The monoisotopic (exact) mass is 871 g/mol. The first-order chi connectivity index (χ1) is 31.3. The molecule has 0 aromatic heterocycles. The Labute approximate surface area is 390 Å². The van der Waals surface area contributed by atoms with Crippen molar-refractivity contribution in [3.05, 3.63) is 107 Å². The van der Waals surface area contributed by atoms with Crippen molar-refractivity contribution in [3.63, 3.8) is 0 Å². The van der Waals surface area contributed by atoms with Gasteiger partial charge in [0.15, 0.2) is 0 Å². The molecule has 6 aliphatic heterocycles. The number of benzene rings is 4. The second-order valence-corrected chi connectivity index (χ2v) is 18.3. The van der Waals surface area contributed by atoms with Crippen LogP contribution in [0, 0.1) is 30.6 Å². The normalized spacial score (nSPS) is 17.3. The quantitative estimate of drug-likeness (QED) is 0.175. The van der Waals surface area contributed by atoms with Crippen LogP contribution in [0.1, 0.15) is 138 Å². The summed E-state index contributed by atoms with van der Waals surface area (Å²) in [5, 5.41) is 9.05. The largest absolute Gasteiger partial charge is 0.343 e. The minimum Gasteiger partial charge on any atom is -0.343 e. The molecule has 10 rings (SSSR count). The second kappa shape index (κ2) is 22.9. The molecule has 4 atom stereocenters. The van der Waals surface area contributed by atoms with Crippen molar-refractivity contribution >= 4 is 79.9 Å². The third-order valence-electron chi connectivity index (χ3n) is 13.5. The Morgan fingerprint density at radius 1 is 0.538 bits per heavy atom. The van der Waals surface area contributed by atoms with E-state index in [9.17, 15) is 0 Å². The molecule has 0 fully saturated rings. The van der Waals surface area contributed by atoms with Crippen molar-refractivity contribution in [2.45, 2.75) is 141 Å². The van der Waals surface area contributed by atoms with Crippen LogP contribution >= 0.6 is 0 Å². The van der Waals surface area contributed by atoms with Crippen LogP contribution in [0.4, 0.5) is 34.1 Å². The van der Waals surface area contributed by atoms with Gasteiger partial charge < -0.3 is 10.6 Å². The molecule has 4 aromatic carbocycles. The van der Waals surface area contributed by atoms with E-state index in [0.29, 0.717) is 17.8 Å². The average Bonchev–Trinajstić information content (AvgIpc) is 4.18. The molecule has 6 aliphatic rings. The van der Waals surface area contributed by atoms with Crippen LogP contribution in [0.5, 0.6) is 0 Å². The summed E-state index contributed by atoms with van der Waals surface area (Å²) in [4.78, 5) is 27.1. The van der Waals surface area contributed by atoms with Crippen molar-refractivity contribution < 1.29 is 0 Å². The van der Waals surface area contributed by atoms with Crippen LogP contribution in [0.15, 0.2) is 120 Å². The van der Waals surface area contributed by atoms with Gasteiger partial charge in [-0.15, -0.1) is 0 Å². The SMILES string of the molecule is CCC(C)C1=CN=CC1.CCC(C)C1=NC(C)=CC1.CCC(C)C1=Nc2cc(C)ccc2C1.CCC(C)C1=Nc2ccccc2C1.CCC1=Nc2ccc3c4c(ccc(c24)N1)N=C(C)N3. The molecule has 342 valence electrons. The molecular weight excluding hydrogens is 797 g/mol. The molecule has 8 nitrogen and oxygen atoms in total. The zero-order chi connectivity index (χ0) is 46.6. The van der Waals surface area contributed by atoms with Crippen LogP contribution in [-0.4, -0.2) is 35.0 Å². The van der Waals surface area contributed by atoms with Crippen LogP contribution in [0.3, 0.4) is 0 Å². The highest BCUT2D eigenvalue weighted by molar-refractivity contribution is 6.22. The lowest BCUT2D eigenvalue weighted by Gasteiger charge is -2.23. The van der Waals surface area contributed by atoms with E-state index < -0.39 is 0 Å². The highest BCUT2D eigenvalue weighted by atomic mass is 15.0. The van der Waals surface area contributed by atoms with Gasteiger partial charge in [-0.25, -0.2) is 9.98 Å². The number of fused-ring (bicyclic) bond motifs is 2. The summed E-state index contributed by atoms with van der Waals surface area (Å²) in [7, 11) is 0. The highest BCUT2D eigenvalue weighted by Gasteiger charge is 2.22. The number of aliphatic imine (C=N–C) groups is 6. The lowest BCUT2D eigenvalue weighted by molar-refractivity contribution is 0.649. The first-order valence-corrected chi connectivity index (χ1v) is 24.4. The Morgan fingerprint density at radius 3 is 1.69 bits per heavy atom. The molecule has 4 aromatic rings. The predicted molar refractivity (Wildman–Crippen MR) is 285 cm³/mol. The molecule has 6 heterocycles. The predicted octanol–water partition coefficient (Wildman–Crippen LogP) is 16.4. The van der Waals surface area contributed by atoms with E-state index >= 15 is 0 Å². The smallest absolute Gasteiger partial charge is 0.106 e. The molecule has 0 radical (unpaired) electrons. The number of amidine groups is 2. The molecule has 8 heteroatoms. The fourth-order valence-corrected chi connectivity index (χ4v) is 8.34. The van der Waals surface area contributed by atoms with E-state index in [4.69, 9.17) is 4.99 Å². The van der Waals surface area contributed by atoms with Crippen LogP contribution in [0.2, 0.25) is 0 Å². The molecule has 4 unspecified atom stereocenters. The minimum absolute atomic E-state index is 0.628. The Morgan fingerprint density at radius 2 is 1.12 bits per heavy atom. The summed E-state index contributed by atoms with van der Waals surface area (Å²) in [6.07, 6.45) is 16.2. The van der Waals surface area contributed by atoms with Gasteiger partial charge in [-0.3, -0.25) is 20.0 Å². The number of allylic oxidation sites excluding steroid dienone is 3. The first-order valence-electron chi connectivity index (χ1n) is 24.4. The van der Waals surface area contributed by atoms with Gasteiger partial charge in [0.25, 0.3) is 0 Å². The molecular formula is C57H74N8. The summed E-state index contributed by atoms with van der Waals surface area (Å²) >= 11 is 0. The van der Waals surface area contributed by atoms with E-state index in [0.717, 1.165) is 83.2 Å². The second-order valence-electron chi connectivity index (χ2n) is 18.3. The van der Waals surface area contributed by atoms with Gasteiger partial charge in [0.1, 0.15) is 11.7 Å². The number of rotatable bonds is 9. The highest BCUT2D eigenvalue weighted by Crippen LogP contribution is 2.45. The topological polar surface area (TPSA) is 98.2 Å². The van der Waals surface area contributed by atoms with E-state index in [1.165, 1.54) is 82.2 Å². The maximum absolute atomic E-state index is 4.70. The van der Waals surface area contributed by atoms with Crippen LogP contribution in [-0.2, 0) is 12.8 Å². The van der Waals surface area contributed by atoms with E-state index in [2.05, 4.69) is 185 Å². The summed E-state index contributed by atoms with van der Waals surface area (Å²) in [6.45, 7) is 26.1. The standard InChI is InChI=1S/C15H14N4.C13H17N.C12H15N.C9H15N.C8H13N/c1-3-13-18-11-6-4-9-14-10(17-8(2)16-9)5-7-12(19-13)15(11)14;1-4-10(3)12-8-11-6-5-9(2)7-13(11)14-12;1-3-9(2)12-8-10-6-4-5-7-11(10)13-12;1-4-7(2)9-6-5-8(3)10-9;1-3-7(2)8-4-5-9-6-8/h4-7H,3H2,1-2H3,(H,16,17)(H,18,19);5-7,10H,4,8H2,1-3H3;4-7,9H,3,8H2,1-2H3;5,7H,4,6H2,1-3H3;5-7H,3-4H2,1-2H3. The summed E-state index contributed by atoms with van der Waals surface area (Å²) in [6, 6.07) is 23.3. The van der Waals surface area contributed by atoms with E-state index in [1.807, 2.05) is 19.3 Å². The molecule has 2 N–H and O–H groups in total. The first kappa shape index (κ1) is 48.7. The fourth-order valence-electron chi connectivity index (χ4n) is 8.34. The van der Waals surface area contributed by atoms with Gasteiger partial charge in [-0.1, -0.05) is 98.7 Å². The Balaban J connectivity index is 0.000000138. The van der Waals surface area contributed by atoms with Crippen molar-refractivity contribution in [2.24, 2.45) is 53.6 Å². The maximum Gasteiger partial charge on any atom is 0.106 e. The molecule has 0 saturated carbocycles. The van der Waals surface area contributed by atoms with Gasteiger partial charge in [-0.05, 0) is 129 Å². The van der Waals surface area contributed by atoms with Gasteiger partial charge in [-0.2, -0.15) is 0 Å². The summed E-state index contributed by atoms with van der Waals surface area (Å²) in [5.41, 5.74) is 17.5. The third kappa shape index (κ3) is 12.3. The molecule has 65 heavy (non-hydrogen) atoms. The van der Waals surface area contributed by atoms with Gasteiger partial charge in [0.2, 0.25) is 0 Å². The zero-order valence-electron chi connectivity index (χ0n) is 41.4. The average molecular weight is 871 g/mol. The van der Waals surface area contributed by atoms with Crippen molar-refractivity contribution in [2.75, 3.05) is 10.6 Å². The number of hydrogen-bond donors (Lipinski definition) is 2. The van der Waals surface area contributed by atoms with Gasteiger partial charge in [0, 0.05) is 89.5 Å². The Kier molecular flexibility index (Phi) is 17.2. The number of nitrogens with zero attached hydrogens (tertiary/aromatic N) is 6. The third-order valence-corrected chi connectivity index (χ3v) is 13.5. The molecule has 0 aliphatic carbocycles. The minimum atomic E-state index is 0.628. The van der Waals surface area contributed by atoms with E-state index in [-0.39, 0.29) is 0 Å². The summed E-state index contributed by atoms with van der Waals surface area (Å²) in [5.74, 6) is 4.60. The molecule has 0 saturated heterocycles. The number of hydrogen-bond acceptors (Lipinski definition) is 8. The van der Waals surface area contributed by atoms with E-state index in [1.54, 1.807) is 0 Å². The van der Waals surface area contributed by atoms with Gasteiger partial charge in [0.05, 0.1) is 22.7 Å². The Bertz CT molecular complexity index is 2580. The van der Waals surface area contributed by atoms with Crippen molar-refractivity contribution in [3.8, 4) is 0 Å². The van der Waals surface area contributed by atoms with Crippen molar-refractivity contribution in [1.29, 1.82) is 0 Å². The zero-order valence-corrected chi connectivity index (χ0v) is 41.4. The molecule has 0 spiro atoms. The van der Waals surface area contributed by atoms with Gasteiger partial charge >= 0.3 is 0 Å². The lowest BCUT2D eigenvalue weighted by Crippen LogP contribution is -2.15. The fraction of sp³-hybridized carbons (Fsp3) is 0.439. The number of anilines is 2.